The first-order chi connectivity index (χ1) is 9.79. The van der Waals surface area contributed by atoms with Gasteiger partial charge in [0.2, 0.25) is 0 Å². The predicted molar refractivity (Wildman–Crippen MR) is 78.0 cm³/mol. The third-order valence-electron chi connectivity index (χ3n) is 3.53. The summed E-state index contributed by atoms with van der Waals surface area (Å²) in [6.07, 6.45) is 6.65. The topological polar surface area (TPSA) is 54.5 Å². The molecule has 0 aromatic carbocycles. The minimum absolute atomic E-state index is 0.179. The summed E-state index contributed by atoms with van der Waals surface area (Å²) in [7, 11) is 1.59. The molecule has 0 radical (unpaired) electrons. The summed E-state index contributed by atoms with van der Waals surface area (Å²) in [5.41, 5.74) is 0.410. The lowest BCUT2D eigenvalue weighted by molar-refractivity contribution is 0.0958. The van der Waals surface area contributed by atoms with Crippen LogP contribution in [0.4, 0.5) is 0 Å². The van der Waals surface area contributed by atoms with Crippen LogP contribution in [0.1, 0.15) is 36.2 Å². The van der Waals surface area contributed by atoms with Crippen molar-refractivity contribution in [2.24, 2.45) is 0 Å². The first-order valence-corrected chi connectivity index (χ1v) is 7.33. The first kappa shape index (κ1) is 14.8. The van der Waals surface area contributed by atoms with Crippen molar-refractivity contribution in [3.63, 3.8) is 0 Å². The molecule has 5 nitrogen and oxygen atoms in total. The number of hydrogen-bond donors (Lipinski definition) is 1. The maximum absolute atomic E-state index is 11.3. The van der Waals surface area contributed by atoms with E-state index < -0.39 is 0 Å². The Kier molecular flexibility index (Phi) is 5.80. The number of likely N-dealkylation sites (tertiary alicyclic amines) is 1. The third kappa shape index (κ3) is 4.49. The van der Waals surface area contributed by atoms with Gasteiger partial charge in [-0.05, 0) is 44.5 Å². The van der Waals surface area contributed by atoms with Crippen LogP contribution in [0.2, 0.25) is 0 Å². The number of pyridine rings is 1. The van der Waals surface area contributed by atoms with Gasteiger partial charge < -0.3 is 15.0 Å². The normalized spacial score (nSPS) is 15.8. The lowest BCUT2D eigenvalue weighted by Gasteiger charge is -2.26. The van der Waals surface area contributed by atoms with Gasteiger partial charge in [-0.25, -0.2) is 4.98 Å². The van der Waals surface area contributed by atoms with Crippen molar-refractivity contribution in [1.82, 2.24) is 15.2 Å². The second kappa shape index (κ2) is 7.85. The average Bonchev–Trinajstić information content (AvgIpc) is 2.52. The number of hydrogen-bond acceptors (Lipinski definition) is 4. The molecule has 110 valence electrons. The van der Waals surface area contributed by atoms with Gasteiger partial charge >= 0.3 is 0 Å². The van der Waals surface area contributed by atoms with Gasteiger partial charge in [0.05, 0.1) is 12.8 Å². The Morgan fingerprint density at radius 1 is 1.35 bits per heavy atom. The molecule has 1 N–H and O–H groups in total. The van der Waals surface area contributed by atoms with Gasteiger partial charge in [-0.15, -0.1) is 0 Å². The van der Waals surface area contributed by atoms with E-state index in [-0.39, 0.29) is 5.91 Å². The van der Waals surface area contributed by atoms with E-state index in [1.165, 1.54) is 32.4 Å². The van der Waals surface area contributed by atoms with E-state index >= 15 is 0 Å². The number of nitrogens with one attached hydrogen (secondary N) is 1. The molecule has 0 bridgehead atoms. The fraction of sp³-hybridized carbons (Fsp3) is 0.600. The summed E-state index contributed by atoms with van der Waals surface area (Å²) in [4.78, 5) is 17.9. The predicted octanol–water partition coefficient (Wildman–Crippen LogP) is 1.70. The molecule has 0 saturated carbocycles. The largest absolute Gasteiger partial charge is 0.492 e. The molecule has 1 fully saturated rings. The summed E-state index contributed by atoms with van der Waals surface area (Å²) in [5.74, 6) is 0.540. The molecule has 2 heterocycles. The Bertz CT molecular complexity index is 414. The number of nitrogens with zero attached hydrogens (tertiary/aromatic N) is 2. The van der Waals surface area contributed by atoms with Crippen LogP contribution in [-0.2, 0) is 0 Å². The van der Waals surface area contributed by atoms with Crippen LogP contribution >= 0.6 is 0 Å². The molecule has 0 unspecified atom stereocenters. The Morgan fingerprint density at radius 2 is 2.15 bits per heavy atom. The Hall–Kier alpha value is -1.62. The molecule has 0 spiro atoms. The number of carbonyl (C=O) groups is 1. The Morgan fingerprint density at radius 3 is 2.80 bits per heavy atom. The van der Waals surface area contributed by atoms with Crippen molar-refractivity contribution >= 4 is 5.91 Å². The van der Waals surface area contributed by atoms with Gasteiger partial charge in [-0.2, -0.15) is 0 Å². The number of rotatable bonds is 6. The van der Waals surface area contributed by atoms with Crippen LogP contribution < -0.4 is 10.1 Å². The number of ether oxygens (including phenoxy) is 1. The van der Waals surface area contributed by atoms with Crippen LogP contribution in [0.3, 0.4) is 0 Å². The summed E-state index contributed by atoms with van der Waals surface area (Å²) in [6.45, 7) is 4.24. The van der Waals surface area contributed by atoms with E-state index in [1.807, 2.05) is 0 Å². The minimum atomic E-state index is -0.179. The standard InChI is InChI=1S/C15H23N3O2/c1-16-15(19)14-7-6-13(12-17-14)20-11-5-10-18-8-3-2-4-9-18/h6-7,12H,2-5,8-11H2,1H3,(H,16,19). The van der Waals surface area contributed by atoms with Gasteiger partial charge in [-0.3, -0.25) is 4.79 Å². The summed E-state index contributed by atoms with van der Waals surface area (Å²) in [6, 6.07) is 3.47. The monoisotopic (exact) mass is 277 g/mol. The zero-order valence-corrected chi connectivity index (χ0v) is 12.1. The lowest BCUT2D eigenvalue weighted by Crippen LogP contribution is -2.31. The lowest BCUT2D eigenvalue weighted by atomic mass is 10.1. The maximum Gasteiger partial charge on any atom is 0.269 e. The molecule has 1 aromatic rings. The minimum Gasteiger partial charge on any atom is -0.492 e. The van der Waals surface area contributed by atoms with Gasteiger partial charge in [0.15, 0.2) is 0 Å². The number of aromatic nitrogens is 1. The highest BCUT2D eigenvalue weighted by Crippen LogP contribution is 2.11. The number of piperidine rings is 1. The van der Waals surface area contributed by atoms with E-state index in [1.54, 1.807) is 25.4 Å². The summed E-state index contributed by atoms with van der Waals surface area (Å²) < 4.78 is 5.64. The van der Waals surface area contributed by atoms with Gasteiger partial charge in [0, 0.05) is 13.6 Å². The van der Waals surface area contributed by atoms with E-state index in [9.17, 15) is 4.79 Å². The summed E-state index contributed by atoms with van der Waals surface area (Å²) >= 11 is 0. The van der Waals surface area contributed by atoms with Crippen molar-refractivity contribution in [2.75, 3.05) is 33.3 Å². The Balaban J connectivity index is 1.67. The fourth-order valence-electron chi connectivity index (χ4n) is 2.39. The zero-order chi connectivity index (χ0) is 14.2. The highest BCUT2D eigenvalue weighted by molar-refractivity contribution is 5.91. The van der Waals surface area contributed by atoms with Crippen molar-refractivity contribution in [3.8, 4) is 5.75 Å². The molecule has 0 aliphatic carbocycles. The van der Waals surface area contributed by atoms with E-state index in [4.69, 9.17) is 4.74 Å². The van der Waals surface area contributed by atoms with E-state index in [0.29, 0.717) is 12.3 Å². The Labute approximate surface area is 120 Å². The van der Waals surface area contributed by atoms with Gasteiger partial charge in [0.25, 0.3) is 5.91 Å². The van der Waals surface area contributed by atoms with Crippen LogP contribution in [0.25, 0.3) is 0 Å². The molecule has 1 aliphatic rings. The molecule has 2 rings (SSSR count). The van der Waals surface area contributed by atoms with Gasteiger partial charge in [0.1, 0.15) is 11.4 Å². The van der Waals surface area contributed by atoms with Crippen LogP contribution in [0.5, 0.6) is 5.75 Å². The van der Waals surface area contributed by atoms with E-state index in [0.717, 1.165) is 18.7 Å². The van der Waals surface area contributed by atoms with Crippen LogP contribution in [-0.4, -0.2) is 49.1 Å². The first-order valence-electron chi connectivity index (χ1n) is 7.33. The zero-order valence-electron chi connectivity index (χ0n) is 12.1. The van der Waals surface area contributed by atoms with Gasteiger partial charge in [-0.1, -0.05) is 6.42 Å². The van der Waals surface area contributed by atoms with Crippen LogP contribution in [0.15, 0.2) is 18.3 Å². The van der Waals surface area contributed by atoms with Crippen molar-refractivity contribution in [1.29, 1.82) is 0 Å². The highest BCUT2D eigenvalue weighted by atomic mass is 16.5. The molecular formula is C15H23N3O2. The van der Waals surface area contributed by atoms with Crippen molar-refractivity contribution in [3.05, 3.63) is 24.0 Å². The van der Waals surface area contributed by atoms with Crippen molar-refractivity contribution < 1.29 is 9.53 Å². The number of carbonyl (C=O) groups excluding carboxylic acids is 1. The second-order valence-electron chi connectivity index (χ2n) is 5.06. The molecule has 1 saturated heterocycles. The molecule has 5 heteroatoms. The molecule has 1 amide bonds. The average molecular weight is 277 g/mol. The van der Waals surface area contributed by atoms with Crippen LogP contribution in [0, 0.1) is 0 Å². The fourth-order valence-corrected chi connectivity index (χ4v) is 2.39. The highest BCUT2D eigenvalue weighted by Gasteiger charge is 2.09. The third-order valence-corrected chi connectivity index (χ3v) is 3.53. The quantitative estimate of drug-likeness (QED) is 0.804. The molecule has 1 aliphatic heterocycles. The molecular weight excluding hydrogens is 254 g/mol. The van der Waals surface area contributed by atoms with Crippen molar-refractivity contribution in [2.45, 2.75) is 25.7 Å². The smallest absolute Gasteiger partial charge is 0.269 e. The maximum atomic E-state index is 11.3. The SMILES string of the molecule is CNC(=O)c1ccc(OCCCN2CCCCC2)cn1. The second-order valence-corrected chi connectivity index (χ2v) is 5.06. The summed E-state index contributed by atoms with van der Waals surface area (Å²) in [5, 5.41) is 2.54. The number of amides is 1. The molecule has 0 atom stereocenters. The molecule has 1 aromatic heterocycles. The van der Waals surface area contributed by atoms with E-state index in [2.05, 4.69) is 15.2 Å². The molecule has 20 heavy (non-hydrogen) atoms.